The smallest absolute Gasteiger partial charge is 0.270 e. The van der Waals surface area contributed by atoms with Crippen LogP contribution in [-0.2, 0) is 6.54 Å². The van der Waals surface area contributed by atoms with E-state index in [4.69, 9.17) is 0 Å². The number of hydrogen-bond acceptors (Lipinski definition) is 7. The van der Waals surface area contributed by atoms with Gasteiger partial charge in [0.15, 0.2) is 0 Å². The first-order valence-electron chi connectivity index (χ1n) is 9.20. The van der Waals surface area contributed by atoms with Gasteiger partial charge in [-0.1, -0.05) is 0 Å². The number of piperazine rings is 1. The molecule has 3 aromatic rings. The molecule has 0 atom stereocenters. The lowest BCUT2D eigenvalue weighted by molar-refractivity contribution is 0.0946. The van der Waals surface area contributed by atoms with Crippen LogP contribution in [0.15, 0.2) is 61.3 Å². The molecule has 0 unspecified atom stereocenters. The lowest BCUT2D eigenvalue weighted by atomic mass is 10.2. The van der Waals surface area contributed by atoms with Crippen molar-refractivity contribution in [1.29, 1.82) is 0 Å². The number of nitrogens with one attached hydrogen (secondary N) is 1. The molecule has 142 valence electrons. The number of amides is 1. The average molecular weight is 375 g/mol. The Morgan fingerprint density at radius 1 is 0.893 bits per heavy atom. The summed E-state index contributed by atoms with van der Waals surface area (Å²) in [6.07, 6.45) is 8.70. The summed E-state index contributed by atoms with van der Waals surface area (Å²) in [5.74, 6) is 0.580. The van der Waals surface area contributed by atoms with Gasteiger partial charge < -0.3 is 15.1 Å². The zero-order valence-corrected chi connectivity index (χ0v) is 15.4. The molecule has 1 saturated heterocycles. The fourth-order valence-corrected chi connectivity index (χ4v) is 3.10. The first kappa shape index (κ1) is 17.8. The summed E-state index contributed by atoms with van der Waals surface area (Å²) in [6.45, 7) is 3.85. The minimum atomic E-state index is -0.186. The van der Waals surface area contributed by atoms with Crippen molar-refractivity contribution in [3.8, 4) is 0 Å². The second kappa shape index (κ2) is 8.43. The third kappa shape index (κ3) is 4.22. The Bertz CT molecular complexity index is 895. The van der Waals surface area contributed by atoms with E-state index in [2.05, 4.69) is 35.1 Å². The van der Waals surface area contributed by atoms with Gasteiger partial charge >= 0.3 is 0 Å². The third-order valence-corrected chi connectivity index (χ3v) is 4.66. The molecule has 8 nitrogen and oxygen atoms in total. The van der Waals surface area contributed by atoms with Crippen molar-refractivity contribution in [2.24, 2.45) is 0 Å². The highest BCUT2D eigenvalue weighted by Crippen LogP contribution is 2.17. The summed E-state index contributed by atoms with van der Waals surface area (Å²) in [4.78, 5) is 33.6. The minimum Gasteiger partial charge on any atom is -0.367 e. The average Bonchev–Trinajstić information content (AvgIpc) is 2.79. The standard InChI is InChI=1S/C20H21N7O/c28-19(25-14-16-4-8-21-9-5-16)18-3-2-17(15-24-18)26-10-12-27(13-11-26)20-22-6-1-7-23-20/h1-9,15H,10-14H2,(H,25,28). The molecule has 3 aromatic heterocycles. The van der Waals surface area contributed by atoms with Crippen molar-refractivity contribution in [1.82, 2.24) is 25.3 Å². The number of carbonyl (C=O) groups excluding carboxylic acids is 1. The first-order valence-corrected chi connectivity index (χ1v) is 9.20. The van der Waals surface area contributed by atoms with Crippen molar-refractivity contribution in [3.05, 3.63) is 72.6 Å². The second-order valence-corrected chi connectivity index (χ2v) is 6.46. The van der Waals surface area contributed by atoms with Gasteiger partial charge in [0.25, 0.3) is 5.91 Å². The molecule has 1 N–H and O–H groups in total. The van der Waals surface area contributed by atoms with Crippen molar-refractivity contribution in [2.75, 3.05) is 36.0 Å². The Balaban J connectivity index is 1.31. The van der Waals surface area contributed by atoms with Gasteiger partial charge in [-0.2, -0.15) is 0 Å². The van der Waals surface area contributed by atoms with Gasteiger partial charge in [0.1, 0.15) is 5.69 Å². The molecule has 1 amide bonds. The van der Waals surface area contributed by atoms with E-state index in [1.165, 1.54) is 0 Å². The third-order valence-electron chi connectivity index (χ3n) is 4.66. The molecule has 0 radical (unpaired) electrons. The van der Waals surface area contributed by atoms with Crippen molar-refractivity contribution in [2.45, 2.75) is 6.54 Å². The molecular formula is C20H21N7O. The van der Waals surface area contributed by atoms with E-state index in [1.54, 1.807) is 37.1 Å². The molecule has 1 fully saturated rings. The fourth-order valence-electron chi connectivity index (χ4n) is 3.10. The van der Waals surface area contributed by atoms with E-state index in [9.17, 15) is 4.79 Å². The van der Waals surface area contributed by atoms with Gasteiger partial charge in [0, 0.05) is 57.5 Å². The SMILES string of the molecule is O=C(NCc1ccncc1)c1ccc(N2CCN(c3ncccn3)CC2)cn1. The molecule has 0 saturated carbocycles. The Morgan fingerprint density at radius 3 is 2.29 bits per heavy atom. The number of nitrogens with zero attached hydrogens (tertiary/aromatic N) is 6. The molecule has 0 aromatic carbocycles. The van der Waals surface area contributed by atoms with Crippen LogP contribution in [0.4, 0.5) is 11.6 Å². The van der Waals surface area contributed by atoms with E-state index < -0.39 is 0 Å². The predicted molar refractivity (Wildman–Crippen MR) is 106 cm³/mol. The molecule has 1 aliphatic rings. The van der Waals surface area contributed by atoms with Gasteiger partial charge in [-0.3, -0.25) is 9.78 Å². The second-order valence-electron chi connectivity index (χ2n) is 6.46. The van der Waals surface area contributed by atoms with E-state index >= 15 is 0 Å². The maximum absolute atomic E-state index is 12.3. The molecule has 0 bridgehead atoms. The minimum absolute atomic E-state index is 0.186. The molecule has 8 heteroatoms. The van der Waals surface area contributed by atoms with Crippen LogP contribution < -0.4 is 15.1 Å². The number of anilines is 2. The maximum atomic E-state index is 12.3. The zero-order valence-electron chi connectivity index (χ0n) is 15.4. The Morgan fingerprint density at radius 2 is 1.61 bits per heavy atom. The number of pyridine rings is 2. The van der Waals surface area contributed by atoms with Gasteiger partial charge in [-0.05, 0) is 35.9 Å². The van der Waals surface area contributed by atoms with Crippen molar-refractivity contribution < 1.29 is 4.79 Å². The topological polar surface area (TPSA) is 87.1 Å². The molecule has 4 rings (SSSR count). The summed E-state index contributed by atoms with van der Waals surface area (Å²) < 4.78 is 0. The zero-order chi connectivity index (χ0) is 19.2. The fraction of sp³-hybridized carbons (Fsp3) is 0.250. The Kier molecular flexibility index (Phi) is 5.37. The number of hydrogen-bond donors (Lipinski definition) is 1. The van der Waals surface area contributed by atoms with Crippen LogP contribution in [0.3, 0.4) is 0 Å². The van der Waals surface area contributed by atoms with Crippen LogP contribution in [-0.4, -0.2) is 52.0 Å². The molecular weight excluding hydrogens is 354 g/mol. The van der Waals surface area contributed by atoms with E-state index in [-0.39, 0.29) is 5.91 Å². The van der Waals surface area contributed by atoms with Gasteiger partial charge in [0.05, 0.1) is 11.9 Å². The Labute approximate surface area is 163 Å². The normalized spacial score (nSPS) is 14.0. The highest BCUT2D eigenvalue weighted by atomic mass is 16.1. The van der Waals surface area contributed by atoms with Gasteiger partial charge in [-0.15, -0.1) is 0 Å². The highest BCUT2D eigenvalue weighted by molar-refractivity contribution is 5.92. The molecule has 4 heterocycles. The van der Waals surface area contributed by atoms with E-state index in [0.29, 0.717) is 12.2 Å². The summed E-state index contributed by atoms with van der Waals surface area (Å²) in [7, 11) is 0. The van der Waals surface area contributed by atoms with E-state index in [1.807, 2.05) is 24.3 Å². The van der Waals surface area contributed by atoms with E-state index in [0.717, 1.165) is 43.4 Å². The summed E-state index contributed by atoms with van der Waals surface area (Å²) in [6, 6.07) is 9.28. The summed E-state index contributed by atoms with van der Waals surface area (Å²) >= 11 is 0. The largest absolute Gasteiger partial charge is 0.367 e. The Hall–Kier alpha value is -3.55. The predicted octanol–water partition coefficient (Wildman–Crippen LogP) is 1.52. The number of rotatable bonds is 5. The first-order chi connectivity index (χ1) is 13.8. The quantitative estimate of drug-likeness (QED) is 0.723. The molecule has 0 spiro atoms. The van der Waals surface area contributed by atoms with Crippen molar-refractivity contribution in [3.63, 3.8) is 0 Å². The molecule has 28 heavy (non-hydrogen) atoms. The van der Waals surface area contributed by atoms with Crippen LogP contribution in [0.5, 0.6) is 0 Å². The lowest BCUT2D eigenvalue weighted by Crippen LogP contribution is -2.47. The molecule has 1 aliphatic heterocycles. The van der Waals surface area contributed by atoms with Crippen LogP contribution in [0, 0.1) is 0 Å². The molecule has 0 aliphatic carbocycles. The van der Waals surface area contributed by atoms with Gasteiger partial charge in [0.2, 0.25) is 5.95 Å². The number of aromatic nitrogens is 4. The maximum Gasteiger partial charge on any atom is 0.270 e. The van der Waals surface area contributed by atoms with Crippen LogP contribution in [0.1, 0.15) is 16.1 Å². The van der Waals surface area contributed by atoms with Crippen LogP contribution in [0.25, 0.3) is 0 Å². The van der Waals surface area contributed by atoms with Crippen LogP contribution in [0.2, 0.25) is 0 Å². The number of carbonyl (C=O) groups is 1. The lowest BCUT2D eigenvalue weighted by Gasteiger charge is -2.35. The monoisotopic (exact) mass is 375 g/mol. The highest BCUT2D eigenvalue weighted by Gasteiger charge is 2.19. The van der Waals surface area contributed by atoms with Crippen LogP contribution >= 0.6 is 0 Å². The van der Waals surface area contributed by atoms with Crippen molar-refractivity contribution >= 4 is 17.5 Å². The summed E-state index contributed by atoms with van der Waals surface area (Å²) in [5.41, 5.74) is 2.42. The van der Waals surface area contributed by atoms with Gasteiger partial charge in [-0.25, -0.2) is 15.0 Å². The summed E-state index contributed by atoms with van der Waals surface area (Å²) in [5, 5.41) is 2.87.